The minimum atomic E-state index is -0.718. The highest BCUT2D eigenvalue weighted by molar-refractivity contribution is 5.78. The molecule has 4 heteroatoms. The third-order valence-corrected chi connectivity index (χ3v) is 4.19. The van der Waals surface area contributed by atoms with E-state index >= 15 is 0 Å². The van der Waals surface area contributed by atoms with E-state index < -0.39 is 12.0 Å². The molecule has 0 aliphatic heterocycles. The normalized spacial score (nSPS) is 13.4. The maximum atomic E-state index is 12.2. The summed E-state index contributed by atoms with van der Waals surface area (Å²) in [4.78, 5) is 15.1. The van der Waals surface area contributed by atoms with Gasteiger partial charge in [-0.15, -0.1) is 0 Å². The molecule has 0 bridgehead atoms. The molecule has 1 heterocycles. The van der Waals surface area contributed by atoms with Crippen LogP contribution in [0.2, 0.25) is 0 Å². The van der Waals surface area contributed by atoms with Crippen molar-refractivity contribution in [1.29, 1.82) is 5.26 Å². The summed E-state index contributed by atoms with van der Waals surface area (Å²) < 4.78 is 0. The van der Waals surface area contributed by atoms with Gasteiger partial charge >= 0.3 is 0 Å². The van der Waals surface area contributed by atoms with Crippen molar-refractivity contribution in [2.75, 3.05) is 0 Å². The van der Waals surface area contributed by atoms with Crippen LogP contribution in [-0.4, -0.2) is 16.2 Å². The molecule has 2 N–H and O–H groups in total. The molecule has 0 spiro atoms. The van der Waals surface area contributed by atoms with Gasteiger partial charge in [-0.2, -0.15) is 5.26 Å². The smallest absolute Gasteiger partial charge is 0.251 e. The van der Waals surface area contributed by atoms with Crippen LogP contribution in [0.1, 0.15) is 29.5 Å². The first-order valence-corrected chi connectivity index (χ1v) is 7.86. The zero-order valence-electron chi connectivity index (χ0n) is 13.4. The maximum Gasteiger partial charge on any atom is 0.251 e. The number of aliphatic hydroxyl groups excluding tert-OH is 1. The first-order chi connectivity index (χ1) is 11.6. The average molecular weight is 318 g/mol. The molecule has 2 atom stereocenters. The molecule has 3 aromatic rings. The van der Waals surface area contributed by atoms with Crippen LogP contribution in [0.3, 0.4) is 0 Å². The van der Waals surface area contributed by atoms with Gasteiger partial charge in [-0.3, -0.25) is 4.79 Å². The Hall–Kier alpha value is -2.90. The van der Waals surface area contributed by atoms with Gasteiger partial charge in [0.05, 0.1) is 18.1 Å². The number of fused-ring (bicyclic) bond motifs is 1. The van der Waals surface area contributed by atoms with Crippen molar-refractivity contribution in [2.24, 2.45) is 0 Å². The van der Waals surface area contributed by atoms with Crippen molar-refractivity contribution in [1.82, 2.24) is 4.98 Å². The second-order valence-corrected chi connectivity index (χ2v) is 5.98. The minimum absolute atomic E-state index is 0.0864. The van der Waals surface area contributed by atoms with Crippen molar-refractivity contribution < 1.29 is 5.11 Å². The zero-order chi connectivity index (χ0) is 17.1. The van der Waals surface area contributed by atoms with E-state index in [4.69, 9.17) is 5.26 Å². The molecule has 2 aromatic carbocycles. The van der Waals surface area contributed by atoms with Gasteiger partial charge in [0, 0.05) is 17.5 Å². The second kappa shape index (κ2) is 6.69. The van der Waals surface area contributed by atoms with Crippen LogP contribution >= 0.6 is 0 Å². The monoisotopic (exact) mass is 318 g/mol. The van der Waals surface area contributed by atoms with Crippen LogP contribution in [0.25, 0.3) is 10.9 Å². The van der Waals surface area contributed by atoms with E-state index in [1.165, 1.54) is 0 Å². The minimum Gasteiger partial charge on any atom is -0.392 e. The highest BCUT2D eigenvalue weighted by Crippen LogP contribution is 2.20. The van der Waals surface area contributed by atoms with Gasteiger partial charge in [0.1, 0.15) is 0 Å². The Morgan fingerprint density at radius 1 is 1.17 bits per heavy atom. The van der Waals surface area contributed by atoms with Crippen molar-refractivity contribution in [3.8, 4) is 6.07 Å². The SMILES string of the molecule is C[C@H](O)[C@H](C#N)c1ccc(Cc2cc3ccccc3[nH]c2=O)cc1. The Morgan fingerprint density at radius 2 is 1.88 bits per heavy atom. The number of nitrogens with zero attached hydrogens (tertiary/aromatic N) is 1. The molecule has 0 unspecified atom stereocenters. The molecule has 0 aliphatic carbocycles. The first-order valence-electron chi connectivity index (χ1n) is 7.86. The number of aromatic nitrogens is 1. The molecule has 3 rings (SSSR count). The number of hydrogen-bond acceptors (Lipinski definition) is 3. The molecule has 0 fully saturated rings. The summed E-state index contributed by atoms with van der Waals surface area (Å²) >= 11 is 0. The Labute approximate surface area is 140 Å². The van der Waals surface area contributed by atoms with Crippen molar-refractivity contribution in [3.05, 3.63) is 81.6 Å². The molecular weight excluding hydrogens is 300 g/mol. The number of aromatic amines is 1. The summed E-state index contributed by atoms with van der Waals surface area (Å²) in [5.74, 6) is -0.539. The Kier molecular flexibility index (Phi) is 4.45. The van der Waals surface area contributed by atoms with Crippen LogP contribution in [0.15, 0.2) is 59.4 Å². The number of rotatable bonds is 4. The highest BCUT2D eigenvalue weighted by Gasteiger charge is 2.16. The molecule has 0 radical (unpaired) electrons. The third kappa shape index (κ3) is 3.22. The van der Waals surface area contributed by atoms with E-state index in [0.29, 0.717) is 12.0 Å². The lowest BCUT2D eigenvalue weighted by molar-refractivity contribution is 0.181. The van der Waals surface area contributed by atoms with Gasteiger partial charge in [0.25, 0.3) is 5.56 Å². The van der Waals surface area contributed by atoms with E-state index in [2.05, 4.69) is 11.1 Å². The van der Waals surface area contributed by atoms with Crippen molar-refractivity contribution >= 4 is 10.9 Å². The fourth-order valence-electron chi connectivity index (χ4n) is 2.85. The lowest BCUT2D eigenvalue weighted by Gasteiger charge is -2.13. The average Bonchev–Trinajstić information content (AvgIpc) is 2.57. The predicted octanol–water partition coefficient (Wildman–Crippen LogP) is 3.11. The standard InChI is InChI=1S/C20H18N2O2/c1-13(23)18(12-21)15-8-6-14(7-9-15)10-17-11-16-4-2-3-5-19(16)22-20(17)24/h2-9,11,13,18,23H,10H2,1H3,(H,22,24)/t13-,18-/m0/s1. The number of aliphatic hydroxyl groups is 1. The molecular formula is C20H18N2O2. The number of H-pyrrole nitrogens is 1. The summed E-state index contributed by atoms with van der Waals surface area (Å²) in [7, 11) is 0. The van der Waals surface area contributed by atoms with Gasteiger partial charge in [-0.1, -0.05) is 42.5 Å². The largest absolute Gasteiger partial charge is 0.392 e. The fourth-order valence-corrected chi connectivity index (χ4v) is 2.85. The molecule has 0 aliphatic rings. The van der Waals surface area contributed by atoms with E-state index in [1.54, 1.807) is 6.92 Å². The van der Waals surface area contributed by atoms with E-state index in [9.17, 15) is 9.90 Å². The lowest BCUT2D eigenvalue weighted by Crippen LogP contribution is -2.13. The lowest BCUT2D eigenvalue weighted by atomic mass is 9.94. The van der Waals surface area contributed by atoms with Crippen molar-refractivity contribution in [3.63, 3.8) is 0 Å². The van der Waals surface area contributed by atoms with Crippen LogP contribution < -0.4 is 5.56 Å². The number of pyridine rings is 1. The molecule has 120 valence electrons. The Balaban J connectivity index is 1.88. The number of nitriles is 1. The Bertz CT molecular complexity index is 950. The number of nitrogens with one attached hydrogen (secondary N) is 1. The Morgan fingerprint density at radius 3 is 2.54 bits per heavy atom. The number of hydrogen-bond donors (Lipinski definition) is 2. The summed E-state index contributed by atoms with van der Waals surface area (Å²) in [6.07, 6.45) is -0.198. The van der Waals surface area contributed by atoms with Crippen LogP contribution in [0.5, 0.6) is 0 Å². The molecule has 24 heavy (non-hydrogen) atoms. The summed E-state index contributed by atoms with van der Waals surface area (Å²) in [5.41, 5.74) is 3.21. The summed E-state index contributed by atoms with van der Waals surface area (Å²) in [6, 6.07) is 19.2. The molecule has 0 amide bonds. The summed E-state index contributed by atoms with van der Waals surface area (Å²) in [6.45, 7) is 1.61. The maximum absolute atomic E-state index is 12.2. The van der Waals surface area contributed by atoms with Crippen molar-refractivity contribution in [2.45, 2.75) is 25.4 Å². The fraction of sp³-hybridized carbons (Fsp3) is 0.200. The van der Waals surface area contributed by atoms with Gasteiger partial charge in [0.2, 0.25) is 0 Å². The molecule has 0 saturated heterocycles. The van der Waals surface area contributed by atoms with Gasteiger partial charge in [0.15, 0.2) is 0 Å². The van der Waals surface area contributed by atoms with Gasteiger partial charge < -0.3 is 10.1 Å². The van der Waals surface area contributed by atoms with E-state index in [0.717, 1.165) is 22.0 Å². The predicted molar refractivity (Wildman–Crippen MR) is 93.9 cm³/mol. The van der Waals surface area contributed by atoms with Crippen LogP contribution in [0.4, 0.5) is 0 Å². The van der Waals surface area contributed by atoms with Gasteiger partial charge in [-0.25, -0.2) is 0 Å². The molecule has 0 saturated carbocycles. The van der Waals surface area contributed by atoms with E-state index in [1.807, 2.05) is 54.6 Å². The number of para-hydroxylation sites is 1. The first kappa shape index (κ1) is 16.0. The third-order valence-electron chi connectivity index (χ3n) is 4.19. The molecule has 1 aromatic heterocycles. The highest BCUT2D eigenvalue weighted by atomic mass is 16.3. The van der Waals surface area contributed by atoms with Gasteiger partial charge in [-0.05, 0) is 35.6 Å². The molecule has 4 nitrogen and oxygen atoms in total. The summed E-state index contributed by atoms with van der Waals surface area (Å²) in [5, 5.41) is 19.8. The second-order valence-electron chi connectivity index (χ2n) is 5.98. The topological polar surface area (TPSA) is 76.9 Å². The number of benzene rings is 2. The van der Waals surface area contributed by atoms with Crippen LogP contribution in [-0.2, 0) is 6.42 Å². The van der Waals surface area contributed by atoms with E-state index in [-0.39, 0.29) is 5.56 Å². The van der Waals surface area contributed by atoms with Crippen LogP contribution in [0, 0.1) is 11.3 Å². The zero-order valence-corrected chi connectivity index (χ0v) is 13.4. The quantitative estimate of drug-likeness (QED) is 0.776.